The van der Waals surface area contributed by atoms with Crippen molar-refractivity contribution in [2.24, 2.45) is 0 Å². The van der Waals surface area contributed by atoms with E-state index in [4.69, 9.17) is 26.0 Å². The van der Waals surface area contributed by atoms with Crippen LogP contribution in [0.2, 0.25) is 5.02 Å². The molecule has 1 aliphatic heterocycles. The summed E-state index contributed by atoms with van der Waals surface area (Å²) in [5.41, 5.74) is 0.714. The first-order valence-corrected chi connectivity index (χ1v) is 8.06. The van der Waals surface area contributed by atoms with Crippen LogP contribution in [-0.4, -0.2) is 39.3 Å². The molecule has 1 amide bonds. The van der Waals surface area contributed by atoms with Gasteiger partial charge in [0.15, 0.2) is 11.9 Å². The predicted molar refractivity (Wildman–Crippen MR) is 86.0 cm³/mol. The molecular formula is C16H16ClN3O5. The lowest BCUT2D eigenvalue weighted by Crippen LogP contribution is -2.38. The molecule has 0 aliphatic carbocycles. The smallest absolute Gasteiger partial charge is 0.332 e. The van der Waals surface area contributed by atoms with Crippen LogP contribution >= 0.6 is 11.6 Å². The standard InChI is InChI=1S/C16H16ClN3O5/c1-8-18-14(20-25-8)13(9-2-4-10(17)5-3-9)19-15(21)11-6-7-12(24-11)16(22)23/h2-5,11-13H,6-7H2,1H3,(H,19,21)(H,22,23)/t11-,12+,13?/m0/s1. The molecule has 0 saturated carbocycles. The summed E-state index contributed by atoms with van der Waals surface area (Å²) in [6.45, 7) is 1.65. The zero-order valence-corrected chi connectivity index (χ0v) is 14.1. The molecule has 1 aromatic carbocycles. The minimum absolute atomic E-state index is 0.292. The van der Waals surface area contributed by atoms with Crippen LogP contribution in [0.3, 0.4) is 0 Å². The Kier molecular flexibility index (Phi) is 5.00. The number of aromatic nitrogens is 2. The highest BCUT2D eigenvalue weighted by atomic mass is 35.5. The number of aliphatic carboxylic acids is 1. The molecule has 3 atom stereocenters. The summed E-state index contributed by atoms with van der Waals surface area (Å²) in [6.07, 6.45) is -1.16. The molecule has 9 heteroatoms. The van der Waals surface area contributed by atoms with Crippen LogP contribution in [0.5, 0.6) is 0 Å². The van der Waals surface area contributed by atoms with Crippen molar-refractivity contribution in [3.05, 3.63) is 46.6 Å². The van der Waals surface area contributed by atoms with Gasteiger partial charge >= 0.3 is 5.97 Å². The molecule has 3 rings (SSSR count). The molecule has 2 heterocycles. The second kappa shape index (κ2) is 7.20. The number of hydrogen-bond donors (Lipinski definition) is 2. The molecule has 8 nitrogen and oxygen atoms in total. The third kappa shape index (κ3) is 3.97. The lowest BCUT2D eigenvalue weighted by atomic mass is 10.1. The molecule has 0 bridgehead atoms. The summed E-state index contributed by atoms with van der Waals surface area (Å²) in [4.78, 5) is 27.6. The maximum absolute atomic E-state index is 12.5. The van der Waals surface area contributed by atoms with E-state index in [9.17, 15) is 9.59 Å². The number of rotatable bonds is 5. The van der Waals surface area contributed by atoms with Crippen molar-refractivity contribution < 1.29 is 24.0 Å². The first-order chi connectivity index (χ1) is 11.9. The molecule has 0 spiro atoms. The van der Waals surface area contributed by atoms with E-state index < -0.39 is 30.1 Å². The molecule has 132 valence electrons. The largest absolute Gasteiger partial charge is 0.479 e. The van der Waals surface area contributed by atoms with E-state index in [2.05, 4.69) is 15.5 Å². The second-order valence-electron chi connectivity index (χ2n) is 5.69. The van der Waals surface area contributed by atoms with Crippen LogP contribution in [0.15, 0.2) is 28.8 Å². The maximum Gasteiger partial charge on any atom is 0.332 e. The number of aryl methyl sites for hydroxylation is 1. The van der Waals surface area contributed by atoms with Gasteiger partial charge in [-0.1, -0.05) is 28.9 Å². The number of nitrogens with one attached hydrogen (secondary N) is 1. The number of halogens is 1. The second-order valence-corrected chi connectivity index (χ2v) is 6.13. The van der Waals surface area contributed by atoms with Crippen LogP contribution in [-0.2, 0) is 14.3 Å². The number of carbonyl (C=O) groups is 2. The fraction of sp³-hybridized carbons (Fsp3) is 0.375. The number of carboxylic acids is 1. The van der Waals surface area contributed by atoms with E-state index in [1.165, 1.54) is 0 Å². The van der Waals surface area contributed by atoms with E-state index in [1.54, 1.807) is 31.2 Å². The molecule has 1 saturated heterocycles. The molecule has 1 aliphatic rings. The number of ether oxygens (including phenoxy) is 1. The molecule has 2 aromatic rings. The van der Waals surface area contributed by atoms with Crippen molar-refractivity contribution >= 4 is 23.5 Å². The molecule has 25 heavy (non-hydrogen) atoms. The average molecular weight is 366 g/mol. The van der Waals surface area contributed by atoms with Gasteiger partial charge in [0.2, 0.25) is 11.8 Å². The Balaban J connectivity index is 1.79. The lowest BCUT2D eigenvalue weighted by molar-refractivity contribution is -0.151. The summed E-state index contributed by atoms with van der Waals surface area (Å²) in [7, 11) is 0. The Morgan fingerprint density at radius 2 is 1.96 bits per heavy atom. The van der Waals surface area contributed by atoms with Gasteiger partial charge in [-0.2, -0.15) is 4.98 Å². The molecule has 2 N–H and O–H groups in total. The molecule has 1 unspecified atom stereocenters. The summed E-state index contributed by atoms with van der Waals surface area (Å²) >= 11 is 5.91. The zero-order valence-electron chi connectivity index (χ0n) is 13.3. The Morgan fingerprint density at radius 1 is 1.28 bits per heavy atom. The van der Waals surface area contributed by atoms with Crippen LogP contribution < -0.4 is 5.32 Å². The first-order valence-electron chi connectivity index (χ1n) is 7.68. The van der Waals surface area contributed by atoms with Crippen molar-refractivity contribution in [2.75, 3.05) is 0 Å². The van der Waals surface area contributed by atoms with Crippen molar-refractivity contribution in [1.82, 2.24) is 15.5 Å². The topological polar surface area (TPSA) is 115 Å². The van der Waals surface area contributed by atoms with E-state index >= 15 is 0 Å². The van der Waals surface area contributed by atoms with Crippen molar-refractivity contribution in [1.29, 1.82) is 0 Å². The average Bonchev–Trinajstić information content (AvgIpc) is 3.22. The predicted octanol–water partition coefficient (Wildman–Crippen LogP) is 1.87. The van der Waals surface area contributed by atoms with Gasteiger partial charge in [-0.3, -0.25) is 4.79 Å². The third-order valence-electron chi connectivity index (χ3n) is 3.88. The number of amides is 1. The van der Waals surface area contributed by atoms with E-state index in [0.717, 1.165) is 0 Å². The SMILES string of the molecule is Cc1nc(C(NC(=O)[C@@H]2CC[C@H](C(=O)O)O2)c2ccc(Cl)cc2)no1. The highest BCUT2D eigenvalue weighted by Gasteiger charge is 2.36. The number of carboxylic acid groups (broad SMARTS) is 1. The van der Waals surface area contributed by atoms with Gasteiger partial charge in [-0.25, -0.2) is 4.79 Å². The van der Waals surface area contributed by atoms with Crippen molar-refractivity contribution in [3.63, 3.8) is 0 Å². The minimum atomic E-state index is -1.07. The Bertz CT molecular complexity index is 776. The van der Waals surface area contributed by atoms with Crippen LogP contribution in [0, 0.1) is 6.92 Å². The zero-order chi connectivity index (χ0) is 18.0. The van der Waals surface area contributed by atoms with Crippen LogP contribution in [0.4, 0.5) is 0 Å². The third-order valence-corrected chi connectivity index (χ3v) is 4.13. The fourth-order valence-corrected chi connectivity index (χ4v) is 2.76. The fourth-order valence-electron chi connectivity index (χ4n) is 2.63. The maximum atomic E-state index is 12.5. The Labute approximate surface area is 148 Å². The highest BCUT2D eigenvalue weighted by Crippen LogP contribution is 2.24. The van der Waals surface area contributed by atoms with Gasteiger partial charge in [0, 0.05) is 11.9 Å². The minimum Gasteiger partial charge on any atom is -0.479 e. The van der Waals surface area contributed by atoms with Gasteiger partial charge in [0.05, 0.1) is 0 Å². The molecule has 1 aromatic heterocycles. The first kappa shape index (κ1) is 17.4. The van der Waals surface area contributed by atoms with Crippen LogP contribution in [0.1, 0.15) is 36.2 Å². The van der Waals surface area contributed by atoms with Gasteiger partial charge in [-0.15, -0.1) is 0 Å². The number of nitrogens with zero attached hydrogens (tertiary/aromatic N) is 2. The summed E-state index contributed by atoms with van der Waals surface area (Å²) < 4.78 is 10.3. The quantitative estimate of drug-likeness (QED) is 0.831. The van der Waals surface area contributed by atoms with Gasteiger partial charge < -0.3 is 19.7 Å². The van der Waals surface area contributed by atoms with E-state index in [0.29, 0.717) is 35.1 Å². The van der Waals surface area contributed by atoms with Gasteiger partial charge in [0.1, 0.15) is 12.1 Å². The summed E-state index contributed by atoms with van der Waals surface area (Å²) in [6, 6.07) is 6.21. The lowest BCUT2D eigenvalue weighted by Gasteiger charge is -2.18. The van der Waals surface area contributed by atoms with Crippen molar-refractivity contribution in [2.45, 2.75) is 38.0 Å². The van der Waals surface area contributed by atoms with Crippen molar-refractivity contribution in [3.8, 4) is 0 Å². The molecule has 1 fully saturated rings. The van der Waals surface area contributed by atoms with E-state index in [-0.39, 0.29) is 0 Å². The molecular weight excluding hydrogens is 350 g/mol. The molecule has 0 radical (unpaired) electrons. The number of hydrogen-bond acceptors (Lipinski definition) is 6. The highest BCUT2D eigenvalue weighted by molar-refractivity contribution is 6.30. The Hall–Kier alpha value is -2.45. The monoisotopic (exact) mass is 365 g/mol. The number of benzene rings is 1. The van der Waals surface area contributed by atoms with Gasteiger partial charge in [0.25, 0.3) is 0 Å². The van der Waals surface area contributed by atoms with Crippen LogP contribution in [0.25, 0.3) is 0 Å². The number of carbonyl (C=O) groups excluding carboxylic acids is 1. The van der Waals surface area contributed by atoms with Gasteiger partial charge in [-0.05, 0) is 30.5 Å². The van der Waals surface area contributed by atoms with E-state index in [1.807, 2.05) is 0 Å². The summed E-state index contributed by atoms with van der Waals surface area (Å²) in [5, 5.41) is 16.2. The Morgan fingerprint density at radius 3 is 2.52 bits per heavy atom. The summed E-state index contributed by atoms with van der Waals surface area (Å²) in [5.74, 6) is -0.836. The normalized spacial score (nSPS) is 21.0.